The lowest BCUT2D eigenvalue weighted by Gasteiger charge is -2.08. The number of alkyl halides is 3. The first-order valence-corrected chi connectivity index (χ1v) is 2.28. The normalized spacial score (nSPS) is 25.1. The molecule has 1 aliphatic heterocycles. The van der Waals surface area contributed by atoms with E-state index in [2.05, 4.69) is 10.3 Å². The number of hydrogen-bond acceptors (Lipinski definition) is 1. The Morgan fingerprint density at radius 1 is 1.50 bits per heavy atom. The Bertz CT molecular complexity index is 185. The van der Waals surface area contributed by atoms with Gasteiger partial charge in [0.2, 0.25) is 6.04 Å². The predicted octanol–water partition coefficient (Wildman–Crippen LogP) is -0.0328. The summed E-state index contributed by atoms with van der Waals surface area (Å²) in [7, 11) is 0. The van der Waals surface area contributed by atoms with Gasteiger partial charge in [0, 0.05) is 0 Å². The van der Waals surface area contributed by atoms with Gasteiger partial charge >= 0.3 is 6.18 Å². The summed E-state index contributed by atoms with van der Waals surface area (Å²) in [4.78, 5) is 12.9. The van der Waals surface area contributed by atoms with Gasteiger partial charge in [0.25, 0.3) is 5.91 Å². The number of aliphatic imine (C=N–C) groups is 1. The fourth-order valence-electron chi connectivity index (χ4n) is 0.465. The van der Waals surface area contributed by atoms with Crippen LogP contribution in [0.3, 0.4) is 0 Å². The standard InChI is InChI=1S/C4HF3N2O/c5-4(6,7)2-3(10)9-1-8-2/h2H. The van der Waals surface area contributed by atoms with E-state index in [9.17, 15) is 18.0 Å². The van der Waals surface area contributed by atoms with Gasteiger partial charge in [-0.3, -0.25) is 4.79 Å². The molecule has 0 aromatic rings. The fourth-order valence-corrected chi connectivity index (χ4v) is 0.465. The molecule has 54 valence electrons. The van der Waals surface area contributed by atoms with Crippen molar-refractivity contribution in [3.8, 4) is 0 Å². The molecule has 0 saturated heterocycles. The molecule has 0 spiro atoms. The summed E-state index contributed by atoms with van der Waals surface area (Å²) in [6, 6.07) is -2.31. The molecule has 0 bridgehead atoms. The van der Waals surface area contributed by atoms with Gasteiger partial charge in [0.05, 0.1) is 0 Å². The molecule has 0 aliphatic carbocycles. The summed E-state index contributed by atoms with van der Waals surface area (Å²) in [5.74, 6) is -1.30. The van der Waals surface area contributed by atoms with Crippen LogP contribution < -0.4 is 5.32 Å². The maximum Gasteiger partial charge on any atom is 0.419 e. The van der Waals surface area contributed by atoms with Crippen LogP contribution in [0.5, 0.6) is 0 Å². The van der Waals surface area contributed by atoms with Crippen LogP contribution in [0.2, 0.25) is 0 Å². The van der Waals surface area contributed by atoms with Crippen LogP contribution >= 0.6 is 0 Å². The highest BCUT2D eigenvalue weighted by Gasteiger charge is 2.48. The van der Waals surface area contributed by atoms with Crippen molar-refractivity contribution in [2.24, 2.45) is 4.99 Å². The van der Waals surface area contributed by atoms with E-state index >= 15 is 0 Å². The van der Waals surface area contributed by atoms with Crippen LogP contribution in [-0.2, 0) is 4.79 Å². The van der Waals surface area contributed by atoms with Gasteiger partial charge in [0.1, 0.15) is 0 Å². The molecule has 2 radical (unpaired) electrons. The van der Waals surface area contributed by atoms with Crippen LogP contribution in [0.15, 0.2) is 4.99 Å². The van der Waals surface area contributed by atoms with Crippen molar-refractivity contribution in [1.82, 2.24) is 5.32 Å². The Kier molecular flexibility index (Phi) is 1.38. The maximum atomic E-state index is 11.6. The van der Waals surface area contributed by atoms with E-state index in [1.807, 2.05) is 0 Å². The van der Waals surface area contributed by atoms with Crippen molar-refractivity contribution in [3.63, 3.8) is 0 Å². The van der Waals surface area contributed by atoms with Crippen LogP contribution in [-0.4, -0.2) is 24.5 Å². The molecular weight excluding hydrogens is 149 g/mol. The number of carbonyl (C=O) groups excluding carboxylic acids is 1. The SMILES string of the molecule is O=C1N=[C][N]C1C(F)(F)F. The Morgan fingerprint density at radius 2 is 2.10 bits per heavy atom. The van der Waals surface area contributed by atoms with Crippen LogP contribution in [0.4, 0.5) is 13.2 Å². The van der Waals surface area contributed by atoms with Crippen molar-refractivity contribution >= 4 is 12.2 Å². The number of nitrogens with zero attached hydrogens (tertiary/aromatic N) is 2. The van der Waals surface area contributed by atoms with Gasteiger partial charge < -0.3 is 0 Å². The van der Waals surface area contributed by atoms with E-state index in [0.717, 1.165) is 0 Å². The molecule has 10 heavy (non-hydrogen) atoms. The van der Waals surface area contributed by atoms with E-state index in [-0.39, 0.29) is 0 Å². The minimum Gasteiger partial charge on any atom is -0.270 e. The average molecular weight is 150 g/mol. The maximum absolute atomic E-state index is 11.6. The Hall–Kier alpha value is -1.07. The quantitative estimate of drug-likeness (QED) is 0.478. The predicted molar refractivity (Wildman–Crippen MR) is 24.4 cm³/mol. The van der Waals surface area contributed by atoms with Crippen molar-refractivity contribution in [2.45, 2.75) is 12.2 Å². The molecule has 1 amide bonds. The zero-order chi connectivity index (χ0) is 7.78. The summed E-state index contributed by atoms with van der Waals surface area (Å²) in [6.07, 6.45) is -3.01. The summed E-state index contributed by atoms with van der Waals surface area (Å²) in [6.45, 7) is 0. The van der Waals surface area contributed by atoms with Gasteiger partial charge in [-0.2, -0.15) is 18.2 Å². The molecule has 0 aromatic carbocycles. The molecule has 0 fully saturated rings. The average Bonchev–Trinajstić information content (AvgIpc) is 2.11. The first kappa shape index (κ1) is 7.04. The van der Waals surface area contributed by atoms with Crippen molar-refractivity contribution < 1.29 is 18.0 Å². The topological polar surface area (TPSA) is 43.5 Å². The highest BCUT2D eigenvalue weighted by Crippen LogP contribution is 2.22. The number of rotatable bonds is 0. The second-order valence-corrected chi connectivity index (χ2v) is 1.62. The molecule has 1 aliphatic rings. The largest absolute Gasteiger partial charge is 0.419 e. The lowest BCUT2D eigenvalue weighted by atomic mass is 10.3. The molecule has 0 saturated carbocycles. The van der Waals surface area contributed by atoms with E-state index < -0.39 is 18.1 Å². The number of amides is 1. The lowest BCUT2D eigenvalue weighted by Crippen LogP contribution is -2.38. The van der Waals surface area contributed by atoms with Gasteiger partial charge in [-0.25, -0.2) is 5.32 Å². The molecule has 1 rings (SSSR count). The third-order valence-corrected chi connectivity index (χ3v) is 0.891. The Balaban J connectivity index is 2.69. The third-order valence-electron chi connectivity index (χ3n) is 0.891. The van der Waals surface area contributed by atoms with Crippen molar-refractivity contribution in [2.75, 3.05) is 0 Å². The van der Waals surface area contributed by atoms with E-state index in [1.165, 1.54) is 0 Å². The summed E-state index contributed by atoms with van der Waals surface area (Å²) >= 11 is 0. The summed E-state index contributed by atoms with van der Waals surface area (Å²) in [5, 5.41) is 2.70. The lowest BCUT2D eigenvalue weighted by molar-refractivity contribution is -0.162. The zero-order valence-electron chi connectivity index (χ0n) is 4.51. The smallest absolute Gasteiger partial charge is 0.270 e. The second-order valence-electron chi connectivity index (χ2n) is 1.62. The van der Waals surface area contributed by atoms with Crippen molar-refractivity contribution in [3.05, 3.63) is 0 Å². The van der Waals surface area contributed by atoms with Gasteiger partial charge in [-0.1, -0.05) is 0 Å². The highest BCUT2D eigenvalue weighted by molar-refractivity contribution is 5.95. The minimum absolute atomic E-state index is 1.30. The fraction of sp³-hybridized carbons (Fsp3) is 0.500. The van der Waals surface area contributed by atoms with Crippen LogP contribution in [0.25, 0.3) is 0 Å². The summed E-state index contributed by atoms with van der Waals surface area (Å²) in [5.41, 5.74) is 0. The minimum atomic E-state index is -4.62. The molecule has 6 heteroatoms. The monoisotopic (exact) mass is 150 g/mol. The van der Waals surface area contributed by atoms with Gasteiger partial charge in [-0.15, -0.1) is 0 Å². The first-order valence-electron chi connectivity index (χ1n) is 2.28. The molecule has 0 aromatic heterocycles. The van der Waals surface area contributed by atoms with Crippen molar-refractivity contribution in [1.29, 1.82) is 0 Å². The number of carbonyl (C=O) groups is 1. The number of halogens is 3. The third kappa shape index (κ3) is 1.09. The van der Waals surface area contributed by atoms with Crippen LogP contribution in [0.1, 0.15) is 0 Å². The highest BCUT2D eigenvalue weighted by atomic mass is 19.4. The second kappa shape index (κ2) is 1.96. The molecule has 1 atom stereocenters. The Labute approximate surface area is 53.9 Å². The molecule has 1 unspecified atom stereocenters. The zero-order valence-corrected chi connectivity index (χ0v) is 4.51. The molecule has 0 N–H and O–H groups in total. The van der Waals surface area contributed by atoms with E-state index in [0.29, 0.717) is 0 Å². The number of hydrogen-bond donors (Lipinski definition) is 0. The van der Waals surface area contributed by atoms with Crippen LogP contribution in [0, 0.1) is 0 Å². The van der Waals surface area contributed by atoms with E-state index in [4.69, 9.17) is 0 Å². The summed E-state index contributed by atoms with van der Waals surface area (Å²) < 4.78 is 34.8. The Morgan fingerprint density at radius 3 is 2.30 bits per heavy atom. The van der Waals surface area contributed by atoms with E-state index in [1.54, 1.807) is 6.34 Å². The first-order chi connectivity index (χ1) is 4.52. The van der Waals surface area contributed by atoms with Gasteiger partial charge in [0.15, 0.2) is 6.34 Å². The van der Waals surface area contributed by atoms with Gasteiger partial charge in [-0.05, 0) is 0 Å². The molecule has 3 nitrogen and oxygen atoms in total. The molecule has 1 heterocycles. The molecular formula is C4HF3N2O.